The van der Waals surface area contributed by atoms with E-state index < -0.39 is 5.60 Å². The maximum Gasteiger partial charge on any atom is 0.410 e. The van der Waals surface area contributed by atoms with Crippen LogP contribution in [0.4, 0.5) is 4.79 Å². The van der Waals surface area contributed by atoms with Gasteiger partial charge in [-0.2, -0.15) is 0 Å². The fourth-order valence-corrected chi connectivity index (χ4v) is 4.83. The fourth-order valence-electron chi connectivity index (χ4n) is 4.83. The van der Waals surface area contributed by atoms with Crippen molar-refractivity contribution in [3.05, 3.63) is 59.0 Å². The van der Waals surface area contributed by atoms with Crippen molar-refractivity contribution in [1.29, 1.82) is 0 Å². The van der Waals surface area contributed by atoms with E-state index in [9.17, 15) is 9.59 Å². The summed E-state index contributed by atoms with van der Waals surface area (Å²) in [5.74, 6) is 5.65. The van der Waals surface area contributed by atoms with E-state index in [1.165, 1.54) is 5.01 Å². The second-order valence-electron chi connectivity index (χ2n) is 10.8. The van der Waals surface area contributed by atoms with Crippen LogP contribution in [0.25, 0.3) is 39.0 Å². The van der Waals surface area contributed by atoms with Gasteiger partial charge in [0.05, 0.1) is 45.9 Å². The molecule has 0 radical (unpaired) electrons. The van der Waals surface area contributed by atoms with Gasteiger partial charge in [-0.25, -0.2) is 20.4 Å². The van der Waals surface area contributed by atoms with Crippen LogP contribution in [-0.2, 0) is 11.8 Å². The minimum atomic E-state index is -0.594. The molecule has 4 aromatic rings. The molecule has 0 saturated carbocycles. The van der Waals surface area contributed by atoms with Gasteiger partial charge in [-0.05, 0) is 51.5 Å². The number of ether oxygens (including phenoxy) is 1. The first kappa shape index (κ1) is 26.2. The molecule has 1 unspecified atom stereocenters. The van der Waals surface area contributed by atoms with Crippen LogP contribution in [-0.4, -0.2) is 65.8 Å². The average Bonchev–Trinajstić information content (AvgIpc) is 3.46. The van der Waals surface area contributed by atoms with Gasteiger partial charge in [0.25, 0.3) is 0 Å². The molecule has 5 heterocycles. The second kappa shape index (κ2) is 9.70. The average molecular weight is 532 g/mol. The largest absolute Gasteiger partial charge is 0.444 e. The predicted molar refractivity (Wildman–Crippen MR) is 149 cm³/mol. The first-order chi connectivity index (χ1) is 18.4. The van der Waals surface area contributed by atoms with Crippen molar-refractivity contribution in [3.63, 3.8) is 0 Å². The summed E-state index contributed by atoms with van der Waals surface area (Å²) in [6.07, 6.45) is 5.22. The third-order valence-corrected chi connectivity index (χ3v) is 6.64. The molecule has 5 rings (SSSR count). The topological polar surface area (TPSA) is 150 Å². The maximum absolute atomic E-state index is 13.5. The number of pyridine rings is 3. The molecule has 1 fully saturated rings. The zero-order chi connectivity index (χ0) is 28.1. The molecule has 0 aliphatic carbocycles. The Morgan fingerprint density at radius 2 is 1.95 bits per heavy atom. The van der Waals surface area contributed by atoms with E-state index in [1.807, 2.05) is 39.0 Å². The zero-order valence-electron chi connectivity index (χ0n) is 22.8. The Kier molecular flexibility index (Phi) is 6.51. The van der Waals surface area contributed by atoms with E-state index in [-0.39, 0.29) is 17.8 Å². The highest BCUT2D eigenvalue weighted by molar-refractivity contribution is 6.00. The van der Waals surface area contributed by atoms with Gasteiger partial charge in [0.1, 0.15) is 11.1 Å². The van der Waals surface area contributed by atoms with Crippen LogP contribution < -0.4 is 17.3 Å². The standard InChI is InChI=1S/C27H33N9O3/c1-27(2,3)39-26(38)35-11-10-17(14-35)36-24-22(34(5)25(36)37)13-31-21-9-8-19(32-23(21)24)16-6-7-20(30-12-16)18(28)15-33(4)29/h6-9,12-13,15,17H,10-11,14,28-29H2,1-5H3/b18-15-. The summed E-state index contributed by atoms with van der Waals surface area (Å²) in [5, 5.41) is 1.37. The molecule has 0 bridgehead atoms. The Morgan fingerprint density at radius 1 is 1.18 bits per heavy atom. The highest BCUT2D eigenvalue weighted by atomic mass is 16.6. The molecule has 204 valence electrons. The van der Waals surface area contributed by atoms with E-state index in [0.29, 0.717) is 58.7 Å². The molecule has 12 heteroatoms. The van der Waals surface area contributed by atoms with Crippen LogP contribution in [0.2, 0.25) is 0 Å². The number of hydrogen-bond donors (Lipinski definition) is 2. The van der Waals surface area contributed by atoms with Crippen molar-refractivity contribution >= 4 is 33.9 Å². The summed E-state index contributed by atoms with van der Waals surface area (Å²) in [4.78, 5) is 41.7. The molecular weight excluding hydrogens is 498 g/mol. The summed E-state index contributed by atoms with van der Waals surface area (Å²) >= 11 is 0. The van der Waals surface area contributed by atoms with Gasteiger partial charge in [0.15, 0.2) is 0 Å². The number of aryl methyl sites for hydroxylation is 1. The van der Waals surface area contributed by atoms with Crippen molar-refractivity contribution in [1.82, 2.24) is 34.0 Å². The summed E-state index contributed by atoms with van der Waals surface area (Å²) < 4.78 is 8.87. The molecule has 1 aliphatic heterocycles. The van der Waals surface area contributed by atoms with Gasteiger partial charge in [-0.3, -0.25) is 19.1 Å². The first-order valence-electron chi connectivity index (χ1n) is 12.7. The zero-order valence-corrected chi connectivity index (χ0v) is 22.8. The lowest BCUT2D eigenvalue weighted by Gasteiger charge is -2.24. The molecule has 4 N–H and O–H groups in total. The van der Waals surface area contributed by atoms with Gasteiger partial charge in [-0.1, -0.05) is 0 Å². The number of amides is 1. The van der Waals surface area contributed by atoms with Crippen LogP contribution in [0.3, 0.4) is 0 Å². The first-order valence-corrected chi connectivity index (χ1v) is 12.7. The Balaban J connectivity index is 1.56. The van der Waals surface area contributed by atoms with Crippen LogP contribution >= 0.6 is 0 Å². The SMILES string of the molecule is CN(N)/C=C(\N)c1ccc(-c2ccc3ncc4c(c3n2)n(C2CCN(C(=O)OC(C)(C)C)C2)c(=O)n4C)cn1. The monoisotopic (exact) mass is 531 g/mol. The molecule has 1 atom stereocenters. The molecule has 4 aromatic heterocycles. The fraction of sp³-hybridized carbons (Fsp3) is 0.370. The third kappa shape index (κ3) is 5.02. The van der Waals surface area contributed by atoms with Crippen molar-refractivity contribution < 1.29 is 9.53 Å². The number of nitrogens with zero attached hydrogens (tertiary/aromatic N) is 7. The van der Waals surface area contributed by atoms with Crippen LogP contribution in [0.1, 0.15) is 38.9 Å². The molecule has 1 amide bonds. The number of likely N-dealkylation sites (tertiary alicyclic amines) is 1. The molecule has 0 spiro atoms. The summed E-state index contributed by atoms with van der Waals surface area (Å²) in [6.45, 7) is 6.38. The third-order valence-electron chi connectivity index (χ3n) is 6.64. The Labute approximate surface area is 225 Å². The van der Waals surface area contributed by atoms with Crippen LogP contribution in [0.5, 0.6) is 0 Å². The van der Waals surface area contributed by atoms with Gasteiger partial charge in [0.2, 0.25) is 0 Å². The van der Waals surface area contributed by atoms with Crippen molar-refractivity contribution in [3.8, 4) is 11.3 Å². The summed E-state index contributed by atoms with van der Waals surface area (Å²) in [5.41, 5.74) is 10.4. The summed E-state index contributed by atoms with van der Waals surface area (Å²) in [6, 6.07) is 7.22. The van der Waals surface area contributed by atoms with E-state index in [1.54, 1.807) is 52.8 Å². The smallest absolute Gasteiger partial charge is 0.410 e. The molecule has 0 aromatic carbocycles. The van der Waals surface area contributed by atoms with Crippen molar-refractivity contribution in [2.75, 3.05) is 20.1 Å². The lowest BCUT2D eigenvalue weighted by molar-refractivity contribution is 0.0289. The van der Waals surface area contributed by atoms with Gasteiger partial charge in [-0.15, -0.1) is 0 Å². The van der Waals surface area contributed by atoms with Gasteiger partial charge in [0, 0.05) is 45.1 Å². The number of aromatic nitrogens is 5. The lowest BCUT2D eigenvalue weighted by atomic mass is 10.1. The quantitative estimate of drug-likeness (QED) is 0.299. The van der Waals surface area contributed by atoms with Crippen LogP contribution in [0, 0.1) is 0 Å². The minimum Gasteiger partial charge on any atom is -0.444 e. The number of carbonyl (C=O) groups is 1. The van der Waals surface area contributed by atoms with Crippen molar-refractivity contribution in [2.24, 2.45) is 18.6 Å². The number of rotatable bonds is 4. The number of carbonyl (C=O) groups excluding carboxylic acids is 1. The highest BCUT2D eigenvalue weighted by Gasteiger charge is 2.33. The highest BCUT2D eigenvalue weighted by Crippen LogP contribution is 2.30. The van der Waals surface area contributed by atoms with Gasteiger partial charge < -0.3 is 20.4 Å². The van der Waals surface area contributed by atoms with Gasteiger partial charge >= 0.3 is 11.8 Å². The molecule has 1 aliphatic rings. The normalized spacial score (nSPS) is 16.3. The molecule has 12 nitrogen and oxygen atoms in total. The van der Waals surface area contributed by atoms with E-state index in [2.05, 4.69) is 9.97 Å². The van der Waals surface area contributed by atoms with E-state index >= 15 is 0 Å². The Hall–Kier alpha value is -4.45. The number of nitrogens with two attached hydrogens (primary N) is 2. The molecular formula is C27H33N9O3. The number of hydrogen-bond acceptors (Lipinski definition) is 9. The van der Waals surface area contributed by atoms with Crippen LogP contribution in [0.15, 0.2) is 47.7 Å². The maximum atomic E-state index is 13.5. The summed E-state index contributed by atoms with van der Waals surface area (Å²) in [7, 11) is 3.40. The minimum absolute atomic E-state index is 0.180. The molecule has 1 saturated heterocycles. The second-order valence-corrected chi connectivity index (χ2v) is 10.8. The van der Waals surface area contributed by atoms with E-state index in [4.69, 9.17) is 21.3 Å². The predicted octanol–water partition coefficient (Wildman–Crippen LogP) is 2.59. The van der Waals surface area contributed by atoms with Crippen molar-refractivity contribution in [2.45, 2.75) is 38.8 Å². The molecule has 39 heavy (non-hydrogen) atoms. The van der Waals surface area contributed by atoms with E-state index in [0.717, 1.165) is 5.56 Å². The Bertz CT molecular complexity index is 1650. The Morgan fingerprint density at radius 3 is 2.62 bits per heavy atom. The lowest BCUT2D eigenvalue weighted by Crippen LogP contribution is -2.36. The number of hydrazine groups is 1. The number of imidazole rings is 1. The number of fused-ring (bicyclic) bond motifs is 3.